The van der Waals surface area contributed by atoms with Crippen molar-refractivity contribution in [2.24, 2.45) is 11.8 Å². The zero-order valence-corrected chi connectivity index (χ0v) is 18.4. The van der Waals surface area contributed by atoms with Gasteiger partial charge in [0.25, 0.3) is 0 Å². The average molecular weight is 482 g/mol. The first-order valence-electron chi connectivity index (χ1n) is 11.3. The lowest BCUT2D eigenvalue weighted by Gasteiger charge is -2.32. The van der Waals surface area contributed by atoms with E-state index in [-0.39, 0.29) is 30.4 Å². The lowest BCUT2D eigenvalue weighted by atomic mass is 9.94. The Morgan fingerprint density at radius 3 is 2.35 bits per heavy atom. The van der Waals surface area contributed by atoms with Gasteiger partial charge in [-0.25, -0.2) is 8.78 Å². The number of carbonyl (C=O) groups excluding carboxylic acids is 4. The third kappa shape index (κ3) is 5.34. The summed E-state index contributed by atoms with van der Waals surface area (Å²) in [5.41, 5.74) is -0.352. The van der Waals surface area contributed by atoms with Crippen LogP contribution >= 0.6 is 0 Å². The van der Waals surface area contributed by atoms with Gasteiger partial charge in [-0.05, 0) is 25.7 Å². The second-order valence-electron chi connectivity index (χ2n) is 8.83. The summed E-state index contributed by atoms with van der Waals surface area (Å²) in [6.45, 7) is -0.284. The number of fused-ring (bicyclic) bond motifs is 1. The van der Waals surface area contributed by atoms with Crippen molar-refractivity contribution in [3.63, 3.8) is 0 Å². The molecule has 2 amide bonds. The summed E-state index contributed by atoms with van der Waals surface area (Å²) in [5.74, 6) is -7.07. The molecule has 1 aromatic carbocycles. The van der Waals surface area contributed by atoms with E-state index in [2.05, 4.69) is 5.32 Å². The number of amides is 2. The highest BCUT2D eigenvalue weighted by molar-refractivity contribution is 5.93. The van der Waals surface area contributed by atoms with Crippen molar-refractivity contribution in [1.82, 2.24) is 10.2 Å². The zero-order chi connectivity index (χ0) is 24.4. The number of nitrogens with one attached hydrogen (secondary N) is 1. The van der Waals surface area contributed by atoms with Crippen molar-refractivity contribution in [2.45, 2.75) is 44.6 Å². The molecule has 2 heterocycles. The summed E-state index contributed by atoms with van der Waals surface area (Å²) in [4.78, 5) is 51.6. The Morgan fingerprint density at radius 1 is 0.971 bits per heavy atom. The van der Waals surface area contributed by atoms with Crippen LogP contribution in [0.2, 0.25) is 0 Å². The SMILES string of the molecule is O=C1C[C@H](NC(=O)C2CCN(C(=O)C3CC3)CC2)C(=O)COc2c(F)c(F)cc(F)c2CCO1. The summed E-state index contributed by atoms with van der Waals surface area (Å²) >= 11 is 0. The van der Waals surface area contributed by atoms with Crippen LogP contribution in [0.15, 0.2) is 6.07 Å². The van der Waals surface area contributed by atoms with E-state index >= 15 is 0 Å². The van der Waals surface area contributed by atoms with Crippen LogP contribution in [0.25, 0.3) is 0 Å². The van der Waals surface area contributed by atoms with Crippen molar-refractivity contribution in [3.05, 3.63) is 29.1 Å². The summed E-state index contributed by atoms with van der Waals surface area (Å²) in [5, 5.41) is 2.53. The first-order chi connectivity index (χ1) is 16.2. The van der Waals surface area contributed by atoms with Crippen LogP contribution in [0.3, 0.4) is 0 Å². The van der Waals surface area contributed by atoms with E-state index in [0.717, 1.165) is 12.8 Å². The number of cyclic esters (lactones) is 1. The summed E-state index contributed by atoms with van der Waals surface area (Å²) < 4.78 is 52.1. The van der Waals surface area contributed by atoms with Gasteiger partial charge in [-0.1, -0.05) is 0 Å². The first kappa shape index (κ1) is 24.0. The molecule has 3 aliphatic rings. The molecule has 2 aliphatic heterocycles. The maximum atomic E-state index is 14.2. The van der Waals surface area contributed by atoms with Crippen LogP contribution in [0.1, 0.15) is 37.7 Å². The number of ether oxygens (including phenoxy) is 2. The smallest absolute Gasteiger partial charge is 0.308 e. The zero-order valence-electron chi connectivity index (χ0n) is 18.4. The minimum atomic E-state index is -1.48. The molecule has 1 saturated heterocycles. The van der Waals surface area contributed by atoms with Crippen LogP contribution in [-0.2, 0) is 30.3 Å². The van der Waals surface area contributed by atoms with E-state index in [1.165, 1.54) is 0 Å². The van der Waals surface area contributed by atoms with Gasteiger partial charge in [-0.15, -0.1) is 0 Å². The van der Waals surface area contributed by atoms with E-state index in [4.69, 9.17) is 9.47 Å². The molecule has 0 radical (unpaired) electrons. The van der Waals surface area contributed by atoms with Crippen LogP contribution < -0.4 is 10.1 Å². The highest BCUT2D eigenvalue weighted by Crippen LogP contribution is 2.32. The molecule has 1 atom stereocenters. The lowest BCUT2D eigenvalue weighted by molar-refractivity contribution is -0.146. The molecular formula is C23H25F3N2O6. The predicted molar refractivity (Wildman–Crippen MR) is 110 cm³/mol. The average Bonchev–Trinajstić information content (AvgIpc) is 3.66. The molecule has 34 heavy (non-hydrogen) atoms. The Morgan fingerprint density at radius 2 is 1.68 bits per heavy atom. The molecule has 1 aliphatic carbocycles. The van der Waals surface area contributed by atoms with Crippen molar-refractivity contribution >= 4 is 23.6 Å². The number of hydrogen-bond donors (Lipinski definition) is 1. The van der Waals surface area contributed by atoms with Crippen LogP contribution in [0.5, 0.6) is 5.75 Å². The fourth-order valence-electron chi connectivity index (χ4n) is 4.22. The maximum Gasteiger partial charge on any atom is 0.308 e. The Balaban J connectivity index is 1.42. The minimum Gasteiger partial charge on any atom is -0.482 e. The molecule has 0 aromatic heterocycles. The largest absolute Gasteiger partial charge is 0.482 e. The molecule has 2 fully saturated rings. The number of esters is 1. The standard InChI is InChI=1S/C23H25F3N2O6/c24-15-9-16(25)20(26)21-14(15)5-8-33-19(30)10-17(18(29)11-34-21)27-22(31)12-3-6-28(7-4-12)23(32)13-1-2-13/h9,12-13,17H,1-8,10-11H2,(H,27,31)/t17-/m0/s1. The number of nitrogens with zero attached hydrogens (tertiary/aromatic N) is 1. The number of hydrogen-bond acceptors (Lipinski definition) is 6. The summed E-state index contributed by atoms with van der Waals surface area (Å²) in [6, 6.07) is -0.956. The number of benzene rings is 1. The van der Waals surface area contributed by atoms with Gasteiger partial charge in [0.15, 0.2) is 17.3 Å². The van der Waals surface area contributed by atoms with Gasteiger partial charge in [0, 0.05) is 43.0 Å². The number of halogens is 3. The highest BCUT2D eigenvalue weighted by Gasteiger charge is 2.37. The number of rotatable bonds is 3. The normalized spacial score (nSPS) is 22.2. The number of carbonyl (C=O) groups is 4. The van der Waals surface area contributed by atoms with Gasteiger partial charge < -0.3 is 19.7 Å². The summed E-state index contributed by atoms with van der Waals surface area (Å²) in [7, 11) is 0. The van der Waals surface area contributed by atoms with Gasteiger partial charge in [0.1, 0.15) is 18.5 Å². The van der Waals surface area contributed by atoms with Crippen LogP contribution in [0.4, 0.5) is 13.2 Å². The molecule has 0 spiro atoms. The third-order valence-corrected chi connectivity index (χ3v) is 6.38. The predicted octanol–water partition coefficient (Wildman–Crippen LogP) is 1.67. The second-order valence-corrected chi connectivity index (χ2v) is 8.83. The minimum absolute atomic E-state index is 0.0953. The van der Waals surface area contributed by atoms with Crippen molar-refractivity contribution in [2.75, 3.05) is 26.3 Å². The van der Waals surface area contributed by atoms with Gasteiger partial charge in [0.2, 0.25) is 17.6 Å². The third-order valence-electron chi connectivity index (χ3n) is 6.38. The molecule has 8 nitrogen and oxygen atoms in total. The quantitative estimate of drug-likeness (QED) is 0.520. The number of Topliss-reactive ketones (excluding diaryl/α,β-unsaturated/α-hetero) is 1. The van der Waals surface area contributed by atoms with E-state index < -0.39 is 65.8 Å². The first-order valence-corrected chi connectivity index (χ1v) is 11.3. The molecule has 0 bridgehead atoms. The van der Waals surface area contributed by atoms with Gasteiger partial charge in [-0.3, -0.25) is 19.2 Å². The molecule has 1 N–H and O–H groups in total. The fourth-order valence-corrected chi connectivity index (χ4v) is 4.22. The van der Waals surface area contributed by atoms with E-state index in [0.29, 0.717) is 32.0 Å². The monoisotopic (exact) mass is 482 g/mol. The number of ketones is 1. The van der Waals surface area contributed by atoms with Crippen LogP contribution in [-0.4, -0.2) is 60.8 Å². The van der Waals surface area contributed by atoms with Gasteiger partial charge in [0.05, 0.1) is 13.0 Å². The van der Waals surface area contributed by atoms with Gasteiger partial charge in [-0.2, -0.15) is 4.39 Å². The van der Waals surface area contributed by atoms with Crippen molar-refractivity contribution in [3.8, 4) is 5.75 Å². The Kier molecular flexibility index (Phi) is 7.08. The lowest BCUT2D eigenvalue weighted by Crippen LogP contribution is -2.49. The Hall–Kier alpha value is -3.11. The molecular weight excluding hydrogens is 457 g/mol. The topological polar surface area (TPSA) is 102 Å². The van der Waals surface area contributed by atoms with E-state index in [1.54, 1.807) is 4.90 Å². The fraction of sp³-hybridized carbons (Fsp3) is 0.565. The Labute approximate surface area is 193 Å². The molecule has 11 heteroatoms. The number of likely N-dealkylation sites (tertiary alicyclic amines) is 1. The molecule has 1 saturated carbocycles. The molecule has 0 unspecified atom stereocenters. The molecule has 184 valence electrons. The number of piperidine rings is 1. The highest BCUT2D eigenvalue weighted by atomic mass is 19.2. The molecule has 4 rings (SSSR count). The van der Waals surface area contributed by atoms with E-state index in [1.807, 2.05) is 0 Å². The molecule has 1 aromatic rings. The Bertz CT molecular complexity index is 1000. The van der Waals surface area contributed by atoms with Crippen molar-refractivity contribution < 1.29 is 41.8 Å². The van der Waals surface area contributed by atoms with Crippen LogP contribution in [0, 0.1) is 29.3 Å². The van der Waals surface area contributed by atoms with E-state index in [9.17, 15) is 32.3 Å². The second kappa shape index (κ2) is 10.0. The van der Waals surface area contributed by atoms with Crippen molar-refractivity contribution in [1.29, 1.82) is 0 Å². The summed E-state index contributed by atoms with van der Waals surface area (Å²) in [6.07, 6.45) is 1.87. The maximum absolute atomic E-state index is 14.2. The van der Waals surface area contributed by atoms with Gasteiger partial charge >= 0.3 is 5.97 Å².